The quantitative estimate of drug-likeness (QED) is 0.865. The van der Waals surface area contributed by atoms with E-state index in [2.05, 4.69) is 21.6 Å². The fourth-order valence-electron chi connectivity index (χ4n) is 1.95. The zero-order chi connectivity index (χ0) is 14.7. The lowest BCUT2D eigenvalue weighted by atomic mass is 10.3. The number of aromatic nitrogens is 2. The number of imidazole rings is 1. The van der Waals surface area contributed by atoms with Crippen LogP contribution in [0.4, 0.5) is 5.82 Å². The van der Waals surface area contributed by atoms with Crippen LogP contribution in [0.25, 0.3) is 4.96 Å². The fraction of sp³-hybridized carbons (Fsp3) is 0.538. The van der Waals surface area contributed by atoms with Gasteiger partial charge in [-0.15, -0.1) is 11.3 Å². The highest BCUT2D eigenvalue weighted by Crippen LogP contribution is 2.23. The summed E-state index contributed by atoms with van der Waals surface area (Å²) in [6, 6.07) is 0. The van der Waals surface area contributed by atoms with Crippen molar-refractivity contribution in [2.75, 3.05) is 39.1 Å². The first kappa shape index (κ1) is 14.8. The first-order valence-electron chi connectivity index (χ1n) is 6.61. The van der Waals surface area contributed by atoms with Crippen molar-refractivity contribution in [3.05, 3.63) is 17.3 Å². The van der Waals surface area contributed by atoms with Crippen molar-refractivity contribution in [2.24, 2.45) is 0 Å². The number of nitrogens with one attached hydrogen (secondary N) is 1. The van der Waals surface area contributed by atoms with Crippen molar-refractivity contribution in [1.82, 2.24) is 19.6 Å². The highest BCUT2D eigenvalue weighted by molar-refractivity contribution is 7.15. The molecule has 0 bridgehead atoms. The van der Waals surface area contributed by atoms with Crippen LogP contribution in [-0.4, -0.2) is 54.4 Å². The Labute approximate surface area is 123 Å². The summed E-state index contributed by atoms with van der Waals surface area (Å²) in [6.07, 6.45) is 2.02. The highest BCUT2D eigenvalue weighted by atomic mass is 32.1. The lowest BCUT2D eigenvalue weighted by Crippen LogP contribution is -2.35. The molecule has 6 nitrogen and oxygen atoms in total. The minimum absolute atomic E-state index is 0.0678. The molecule has 0 unspecified atom stereocenters. The van der Waals surface area contributed by atoms with E-state index in [4.69, 9.17) is 0 Å². The summed E-state index contributed by atoms with van der Waals surface area (Å²) in [5.74, 6) is 0.936. The van der Waals surface area contributed by atoms with Gasteiger partial charge in [-0.3, -0.25) is 9.20 Å². The number of anilines is 1. The third-order valence-corrected chi connectivity index (χ3v) is 3.87. The maximum Gasteiger partial charge on any atom is 0.241 e. The maximum absolute atomic E-state index is 11.8. The number of likely N-dealkylation sites (N-methyl/N-ethyl adjacent to an activating group) is 2. The number of carbonyl (C=O) groups excluding carboxylic acids is 1. The van der Waals surface area contributed by atoms with E-state index in [0.29, 0.717) is 6.54 Å². The van der Waals surface area contributed by atoms with Crippen LogP contribution in [0.1, 0.15) is 12.6 Å². The van der Waals surface area contributed by atoms with Crippen LogP contribution in [0.5, 0.6) is 0 Å². The summed E-state index contributed by atoms with van der Waals surface area (Å²) in [7, 11) is 5.44. The van der Waals surface area contributed by atoms with Gasteiger partial charge in [0.2, 0.25) is 5.91 Å². The molecule has 0 saturated heterocycles. The SMILES string of the molecule is CCNCc1c(N(C)CC(=O)N(C)C)nc2sccn12. The van der Waals surface area contributed by atoms with E-state index in [0.717, 1.165) is 29.6 Å². The van der Waals surface area contributed by atoms with Gasteiger partial charge in [-0.05, 0) is 6.54 Å². The van der Waals surface area contributed by atoms with Crippen molar-refractivity contribution in [3.63, 3.8) is 0 Å². The monoisotopic (exact) mass is 295 g/mol. The molecule has 0 aromatic carbocycles. The fourth-order valence-corrected chi connectivity index (χ4v) is 2.68. The van der Waals surface area contributed by atoms with Crippen LogP contribution in [-0.2, 0) is 11.3 Å². The van der Waals surface area contributed by atoms with Crippen LogP contribution in [0.15, 0.2) is 11.6 Å². The average molecular weight is 295 g/mol. The molecule has 1 amide bonds. The van der Waals surface area contributed by atoms with Crippen molar-refractivity contribution < 1.29 is 4.79 Å². The van der Waals surface area contributed by atoms with Crippen LogP contribution < -0.4 is 10.2 Å². The van der Waals surface area contributed by atoms with Gasteiger partial charge in [0.25, 0.3) is 0 Å². The molecule has 0 fully saturated rings. The lowest BCUT2D eigenvalue weighted by Gasteiger charge is -2.20. The summed E-state index contributed by atoms with van der Waals surface area (Å²) in [5, 5.41) is 5.35. The second-order valence-electron chi connectivity index (χ2n) is 4.86. The first-order chi connectivity index (χ1) is 9.54. The molecular formula is C13H21N5OS. The van der Waals surface area contributed by atoms with Crippen LogP contribution in [0.2, 0.25) is 0 Å². The molecule has 110 valence electrons. The minimum Gasteiger partial charge on any atom is -0.349 e. The van der Waals surface area contributed by atoms with E-state index in [1.54, 1.807) is 30.3 Å². The van der Waals surface area contributed by atoms with Crippen molar-refractivity contribution in [3.8, 4) is 0 Å². The van der Waals surface area contributed by atoms with E-state index in [9.17, 15) is 4.79 Å². The van der Waals surface area contributed by atoms with Crippen LogP contribution in [0.3, 0.4) is 0 Å². The van der Waals surface area contributed by atoms with Gasteiger partial charge in [-0.25, -0.2) is 4.98 Å². The zero-order valence-electron chi connectivity index (χ0n) is 12.4. The van der Waals surface area contributed by atoms with Crippen molar-refractivity contribution in [1.29, 1.82) is 0 Å². The number of amides is 1. The number of thiazole rings is 1. The zero-order valence-corrected chi connectivity index (χ0v) is 13.2. The Morgan fingerprint density at radius 2 is 2.20 bits per heavy atom. The average Bonchev–Trinajstić information content (AvgIpc) is 2.96. The van der Waals surface area contributed by atoms with Gasteiger partial charge < -0.3 is 15.1 Å². The molecule has 0 aliphatic heterocycles. The first-order valence-corrected chi connectivity index (χ1v) is 7.49. The molecular weight excluding hydrogens is 274 g/mol. The Hall–Kier alpha value is -1.60. The third kappa shape index (κ3) is 2.94. The molecule has 7 heteroatoms. The Bertz CT molecular complexity index is 589. The number of hydrogen-bond acceptors (Lipinski definition) is 5. The molecule has 0 radical (unpaired) electrons. The van der Waals surface area contributed by atoms with Crippen LogP contribution in [0, 0.1) is 0 Å². The summed E-state index contributed by atoms with van der Waals surface area (Å²) in [5.41, 5.74) is 1.09. The largest absolute Gasteiger partial charge is 0.349 e. The molecule has 2 aromatic heterocycles. The second-order valence-corrected chi connectivity index (χ2v) is 5.74. The van der Waals surface area contributed by atoms with Crippen molar-refractivity contribution >= 4 is 28.0 Å². The Kier molecular flexibility index (Phi) is 4.61. The van der Waals surface area contributed by atoms with Gasteiger partial charge in [0.15, 0.2) is 10.8 Å². The summed E-state index contributed by atoms with van der Waals surface area (Å²) < 4.78 is 2.08. The minimum atomic E-state index is 0.0678. The van der Waals surface area contributed by atoms with Crippen molar-refractivity contribution in [2.45, 2.75) is 13.5 Å². The molecule has 0 atom stereocenters. The van der Waals surface area contributed by atoms with Gasteiger partial charge in [-0.1, -0.05) is 6.92 Å². The number of fused-ring (bicyclic) bond motifs is 1. The Balaban J connectivity index is 2.27. The Morgan fingerprint density at radius 3 is 2.85 bits per heavy atom. The molecule has 1 N–H and O–H groups in total. The van der Waals surface area contributed by atoms with E-state index in [1.807, 2.05) is 23.5 Å². The molecule has 0 aliphatic carbocycles. The Morgan fingerprint density at radius 1 is 1.45 bits per heavy atom. The summed E-state index contributed by atoms with van der Waals surface area (Å²) in [6.45, 7) is 4.04. The summed E-state index contributed by atoms with van der Waals surface area (Å²) in [4.78, 5) is 20.9. The number of nitrogens with zero attached hydrogens (tertiary/aromatic N) is 4. The van der Waals surface area contributed by atoms with Gasteiger partial charge in [0.05, 0.1) is 12.2 Å². The lowest BCUT2D eigenvalue weighted by molar-refractivity contribution is -0.127. The van der Waals surface area contributed by atoms with Gasteiger partial charge in [-0.2, -0.15) is 0 Å². The second kappa shape index (κ2) is 6.23. The number of hydrogen-bond donors (Lipinski definition) is 1. The molecule has 0 saturated carbocycles. The molecule has 0 spiro atoms. The van der Waals surface area contributed by atoms with Gasteiger partial charge in [0, 0.05) is 39.3 Å². The topological polar surface area (TPSA) is 52.9 Å². The molecule has 2 aromatic rings. The standard InChI is InChI=1S/C13H21N5OS/c1-5-14-8-10-12(15-13-18(10)6-7-20-13)17(4)9-11(19)16(2)3/h6-7,14H,5,8-9H2,1-4H3. The molecule has 0 aliphatic rings. The number of carbonyl (C=O) groups is 1. The maximum atomic E-state index is 11.8. The normalized spacial score (nSPS) is 11.0. The predicted octanol–water partition coefficient (Wildman–Crippen LogP) is 1.03. The molecule has 2 rings (SSSR count). The van der Waals surface area contributed by atoms with E-state index < -0.39 is 0 Å². The third-order valence-electron chi connectivity index (χ3n) is 3.12. The molecule has 20 heavy (non-hydrogen) atoms. The van der Waals surface area contributed by atoms with Crippen LogP contribution >= 0.6 is 11.3 Å². The van der Waals surface area contributed by atoms with E-state index in [1.165, 1.54) is 0 Å². The predicted molar refractivity (Wildman–Crippen MR) is 82.4 cm³/mol. The molecule has 2 heterocycles. The van der Waals surface area contributed by atoms with E-state index >= 15 is 0 Å². The smallest absolute Gasteiger partial charge is 0.241 e. The van der Waals surface area contributed by atoms with Gasteiger partial charge >= 0.3 is 0 Å². The van der Waals surface area contributed by atoms with Gasteiger partial charge in [0.1, 0.15) is 0 Å². The van der Waals surface area contributed by atoms with E-state index in [-0.39, 0.29) is 5.91 Å². The highest BCUT2D eigenvalue weighted by Gasteiger charge is 2.18. The number of rotatable bonds is 6. The summed E-state index contributed by atoms with van der Waals surface area (Å²) >= 11 is 1.60.